The molecular formula is C19H14ClF5N2O2. The summed E-state index contributed by atoms with van der Waals surface area (Å²) in [5.74, 6) is -3.10. The number of alkyl halides is 3. The zero-order chi connectivity index (χ0) is 21.3. The first-order valence-electron chi connectivity index (χ1n) is 8.52. The van der Waals surface area contributed by atoms with Crippen LogP contribution >= 0.6 is 11.6 Å². The molecule has 0 radical (unpaired) electrons. The van der Waals surface area contributed by atoms with E-state index >= 15 is 0 Å². The third kappa shape index (κ3) is 4.50. The van der Waals surface area contributed by atoms with Crippen molar-refractivity contribution in [3.63, 3.8) is 0 Å². The first-order chi connectivity index (χ1) is 13.6. The van der Waals surface area contributed by atoms with E-state index in [0.29, 0.717) is 18.6 Å². The lowest BCUT2D eigenvalue weighted by molar-refractivity contribution is -0.137. The van der Waals surface area contributed by atoms with Gasteiger partial charge in [-0.1, -0.05) is 11.6 Å². The Bertz CT molecular complexity index is 964. The van der Waals surface area contributed by atoms with Gasteiger partial charge in [-0.15, -0.1) is 0 Å². The molecule has 1 aliphatic heterocycles. The van der Waals surface area contributed by atoms with Crippen LogP contribution in [-0.4, -0.2) is 24.4 Å². The Kier molecular flexibility index (Phi) is 5.79. The summed E-state index contributed by atoms with van der Waals surface area (Å²) >= 11 is 5.62. The normalized spacial score (nSPS) is 17.4. The summed E-state index contributed by atoms with van der Waals surface area (Å²) in [5.41, 5.74) is -1.35. The number of amides is 2. The van der Waals surface area contributed by atoms with Crippen molar-refractivity contribution < 1.29 is 31.5 Å². The maximum Gasteiger partial charge on any atom is 0.417 e. The van der Waals surface area contributed by atoms with Crippen LogP contribution in [0.4, 0.5) is 27.6 Å². The van der Waals surface area contributed by atoms with Crippen molar-refractivity contribution in [3.8, 4) is 0 Å². The number of rotatable bonds is 3. The number of nitrogens with zero attached hydrogens (tertiary/aromatic N) is 1. The molecule has 1 saturated heterocycles. The fourth-order valence-corrected chi connectivity index (χ4v) is 3.36. The van der Waals surface area contributed by atoms with Gasteiger partial charge in [0, 0.05) is 18.2 Å². The molecule has 2 amide bonds. The third-order valence-electron chi connectivity index (χ3n) is 4.48. The van der Waals surface area contributed by atoms with Crippen LogP contribution in [0.2, 0.25) is 5.02 Å². The molecule has 2 aromatic rings. The topological polar surface area (TPSA) is 49.4 Å². The molecule has 10 heteroatoms. The van der Waals surface area contributed by atoms with E-state index in [1.165, 1.54) is 0 Å². The Morgan fingerprint density at radius 3 is 2.48 bits per heavy atom. The molecule has 2 aromatic carbocycles. The second kappa shape index (κ2) is 7.98. The van der Waals surface area contributed by atoms with E-state index in [1.807, 2.05) is 0 Å². The van der Waals surface area contributed by atoms with E-state index in [4.69, 9.17) is 11.6 Å². The van der Waals surface area contributed by atoms with Crippen molar-refractivity contribution >= 4 is 29.1 Å². The van der Waals surface area contributed by atoms with Gasteiger partial charge >= 0.3 is 6.18 Å². The minimum atomic E-state index is -4.66. The highest BCUT2D eigenvalue weighted by Gasteiger charge is 2.35. The molecule has 3 rings (SSSR count). The maximum absolute atomic E-state index is 14.0. The van der Waals surface area contributed by atoms with Gasteiger partial charge in [-0.2, -0.15) is 13.2 Å². The molecule has 1 atom stereocenters. The summed E-state index contributed by atoms with van der Waals surface area (Å²) in [6.07, 6.45) is -3.97. The van der Waals surface area contributed by atoms with Gasteiger partial charge < -0.3 is 10.2 Å². The van der Waals surface area contributed by atoms with Crippen LogP contribution in [0.15, 0.2) is 36.4 Å². The van der Waals surface area contributed by atoms with E-state index in [9.17, 15) is 31.5 Å². The van der Waals surface area contributed by atoms with Gasteiger partial charge in [0.1, 0.15) is 17.7 Å². The quantitative estimate of drug-likeness (QED) is 0.723. The second-order valence-corrected chi connectivity index (χ2v) is 6.85. The van der Waals surface area contributed by atoms with Gasteiger partial charge in [-0.25, -0.2) is 8.78 Å². The van der Waals surface area contributed by atoms with Crippen molar-refractivity contribution in [1.29, 1.82) is 0 Å². The fraction of sp³-hybridized carbons (Fsp3) is 0.263. The first kappa shape index (κ1) is 21.0. The van der Waals surface area contributed by atoms with Gasteiger partial charge in [0.15, 0.2) is 0 Å². The third-order valence-corrected chi connectivity index (χ3v) is 4.79. The lowest BCUT2D eigenvalue weighted by atomic mass is 10.0. The average Bonchev–Trinajstić information content (AvgIpc) is 2.63. The SMILES string of the molecule is O=C(NC1CCCN(c2ccc(F)cc2F)C1=O)c1ccc(C(F)(F)F)c(Cl)c1. The molecule has 1 fully saturated rings. The summed E-state index contributed by atoms with van der Waals surface area (Å²) in [6.45, 7) is 0.180. The average molecular weight is 433 g/mol. The number of hydrogen-bond donors (Lipinski definition) is 1. The Hall–Kier alpha value is -2.68. The van der Waals surface area contributed by atoms with Crippen LogP contribution in [-0.2, 0) is 11.0 Å². The Morgan fingerprint density at radius 1 is 1.14 bits per heavy atom. The number of carbonyl (C=O) groups excluding carboxylic acids is 2. The molecule has 0 aromatic heterocycles. The fourth-order valence-electron chi connectivity index (χ4n) is 3.08. The van der Waals surface area contributed by atoms with Crippen molar-refractivity contribution in [2.24, 2.45) is 0 Å². The Morgan fingerprint density at radius 2 is 1.86 bits per heavy atom. The monoisotopic (exact) mass is 432 g/mol. The van der Waals surface area contributed by atoms with E-state index in [2.05, 4.69) is 5.32 Å². The van der Waals surface area contributed by atoms with Gasteiger partial charge in [0.25, 0.3) is 5.91 Å². The lowest BCUT2D eigenvalue weighted by Gasteiger charge is -2.32. The molecule has 0 saturated carbocycles. The summed E-state index contributed by atoms with van der Waals surface area (Å²) in [7, 11) is 0. The van der Waals surface area contributed by atoms with Crippen LogP contribution < -0.4 is 10.2 Å². The number of piperidine rings is 1. The van der Waals surface area contributed by atoms with Crippen LogP contribution in [0.25, 0.3) is 0 Å². The van der Waals surface area contributed by atoms with Crippen LogP contribution in [0.5, 0.6) is 0 Å². The van der Waals surface area contributed by atoms with Gasteiger partial charge in [-0.3, -0.25) is 9.59 Å². The molecule has 1 heterocycles. The molecule has 29 heavy (non-hydrogen) atoms. The minimum absolute atomic E-state index is 0.118. The standard InChI is InChI=1S/C19H14ClF5N2O2/c20-13-8-10(3-5-12(13)19(23,24)25)17(28)26-15-2-1-7-27(18(15)29)16-6-4-11(21)9-14(16)22/h3-6,8-9,15H,1-2,7H2,(H,26,28). The predicted molar refractivity (Wildman–Crippen MR) is 95.7 cm³/mol. The largest absolute Gasteiger partial charge is 0.417 e. The number of carbonyl (C=O) groups is 2. The van der Waals surface area contributed by atoms with Crippen LogP contribution in [0.3, 0.4) is 0 Å². The Balaban J connectivity index is 1.77. The van der Waals surface area contributed by atoms with Gasteiger partial charge in [0.05, 0.1) is 16.3 Å². The van der Waals surface area contributed by atoms with Gasteiger partial charge in [-0.05, 0) is 43.2 Å². The summed E-state index contributed by atoms with van der Waals surface area (Å²) < 4.78 is 65.4. The minimum Gasteiger partial charge on any atom is -0.340 e. The molecule has 1 N–H and O–H groups in total. The van der Waals surface area contributed by atoms with E-state index < -0.39 is 46.3 Å². The highest BCUT2D eigenvalue weighted by molar-refractivity contribution is 6.31. The molecule has 4 nitrogen and oxygen atoms in total. The van der Waals surface area contributed by atoms with Crippen molar-refractivity contribution in [1.82, 2.24) is 5.32 Å². The molecule has 0 spiro atoms. The van der Waals surface area contributed by atoms with Crippen LogP contribution in [0, 0.1) is 11.6 Å². The molecular weight excluding hydrogens is 419 g/mol. The smallest absolute Gasteiger partial charge is 0.340 e. The predicted octanol–water partition coefficient (Wildman–Crippen LogP) is 4.56. The number of benzene rings is 2. The number of anilines is 1. The van der Waals surface area contributed by atoms with Gasteiger partial charge in [0.2, 0.25) is 5.91 Å². The highest BCUT2D eigenvalue weighted by atomic mass is 35.5. The number of hydrogen-bond acceptors (Lipinski definition) is 2. The second-order valence-electron chi connectivity index (χ2n) is 6.45. The van der Waals surface area contributed by atoms with E-state index in [1.54, 1.807) is 0 Å². The molecule has 1 aliphatic rings. The maximum atomic E-state index is 14.0. The molecule has 0 bridgehead atoms. The molecule has 0 aliphatic carbocycles. The van der Waals surface area contributed by atoms with Crippen molar-refractivity contribution in [2.75, 3.05) is 11.4 Å². The van der Waals surface area contributed by atoms with E-state index in [0.717, 1.165) is 29.2 Å². The summed E-state index contributed by atoms with van der Waals surface area (Å²) in [5, 5.41) is 1.79. The highest BCUT2D eigenvalue weighted by Crippen LogP contribution is 2.35. The first-order valence-corrected chi connectivity index (χ1v) is 8.90. The Labute approximate surface area is 167 Å². The summed E-state index contributed by atoms with van der Waals surface area (Å²) in [6, 6.07) is 4.27. The zero-order valence-corrected chi connectivity index (χ0v) is 15.5. The van der Waals surface area contributed by atoms with Crippen molar-refractivity contribution in [3.05, 3.63) is 64.2 Å². The lowest BCUT2D eigenvalue weighted by Crippen LogP contribution is -2.52. The van der Waals surface area contributed by atoms with E-state index in [-0.39, 0.29) is 24.2 Å². The molecule has 154 valence electrons. The summed E-state index contributed by atoms with van der Waals surface area (Å²) in [4.78, 5) is 26.1. The number of nitrogens with one attached hydrogen (secondary N) is 1. The molecule has 1 unspecified atom stereocenters. The van der Waals surface area contributed by atoms with Crippen LogP contribution in [0.1, 0.15) is 28.8 Å². The van der Waals surface area contributed by atoms with Crippen molar-refractivity contribution in [2.45, 2.75) is 25.1 Å². The number of halogens is 6. The zero-order valence-electron chi connectivity index (χ0n) is 14.7.